The fourth-order valence-electron chi connectivity index (χ4n) is 5.88. The zero-order chi connectivity index (χ0) is 27.1. The number of likely N-dealkylation sites (tertiary alicyclic amines) is 1. The second-order valence-electron chi connectivity index (χ2n) is 9.75. The Hall–Kier alpha value is -4.15. The molecule has 0 bridgehead atoms. The van der Waals surface area contributed by atoms with Crippen molar-refractivity contribution < 1.29 is 33.7 Å². The third-order valence-electron chi connectivity index (χ3n) is 7.68. The van der Waals surface area contributed by atoms with E-state index in [9.17, 15) is 19.5 Å². The van der Waals surface area contributed by atoms with Crippen molar-refractivity contribution in [1.82, 2.24) is 9.80 Å². The number of aliphatic hydroxyl groups excluding tert-OH is 1. The molecule has 1 spiro atoms. The molecule has 0 saturated carbocycles. The maximum Gasteiger partial charge on any atom is 0.296 e. The number of rotatable bonds is 6. The van der Waals surface area contributed by atoms with Crippen LogP contribution < -0.4 is 14.4 Å². The van der Waals surface area contributed by atoms with Crippen LogP contribution in [0.4, 0.5) is 5.69 Å². The highest BCUT2D eigenvalue weighted by atomic mass is 16.6. The molecular formula is C29H29N3O7. The highest BCUT2D eigenvalue weighted by Gasteiger charge is 2.67. The van der Waals surface area contributed by atoms with Crippen LogP contribution >= 0.6 is 0 Å². The first-order valence-corrected chi connectivity index (χ1v) is 13.0. The predicted molar refractivity (Wildman–Crippen MR) is 142 cm³/mol. The molecule has 4 heterocycles. The number of morpholine rings is 1. The van der Waals surface area contributed by atoms with Crippen molar-refractivity contribution in [3.63, 3.8) is 0 Å². The Morgan fingerprint density at radius 3 is 2.49 bits per heavy atom. The van der Waals surface area contributed by atoms with E-state index in [1.165, 1.54) is 9.80 Å². The van der Waals surface area contributed by atoms with Crippen LogP contribution in [0.25, 0.3) is 5.76 Å². The minimum Gasteiger partial charge on any atom is -0.507 e. The fraction of sp³-hybridized carbons (Fsp3) is 0.345. The van der Waals surface area contributed by atoms with Crippen LogP contribution in [0.2, 0.25) is 0 Å². The van der Waals surface area contributed by atoms with Gasteiger partial charge in [0.2, 0.25) is 0 Å². The molecule has 10 heteroatoms. The van der Waals surface area contributed by atoms with E-state index in [4.69, 9.17) is 14.2 Å². The fourth-order valence-corrected chi connectivity index (χ4v) is 5.88. The first-order valence-electron chi connectivity index (χ1n) is 13.0. The first-order chi connectivity index (χ1) is 19.0. The molecule has 4 aliphatic heterocycles. The summed E-state index contributed by atoms with van der Waals surface area (Å²) in [5.41, 5.74) is -0.796. The van der Waals surface area contributed by atoms with E-state index >= 15 is 0 Å². The van der Waals surface area contributed by atoms with Gasteiger partial charge in [0.05, 0.1) is 24.5 Å². The van der Waals surface area contributed by atoms with Gasteiger partial charge in [-0.1, -0.05) is 24.3 Å². The van der Waals surface area contributed by atoms with Crippen LogP contribution in [0.3, 0.4) is 0 Å². The normalized spacial score (nSPS) is 23.9. The maximum absolute atomic E-state index is 14.4. The maximum atomic E-state index is 14.4. The quantitative estimate of drug-likeness (QED) is 0.261. The van der Waals surface area contributed by atoms with Gasteiger partial charge in [-0.25, -0.2) is 0 Å². The average Bonchev–Trinajstić information content (AvgIpc) is 3.35. The van der Waals surface area contributed by atoms with Crippen molar-refractivity contribution in [2.75, 3.05) is 64.1 Å². The third kappa shape index (κ3) is 3.82. The molecule has 6 rings (SSSR count). The second-order valence-corrected chi connectivity index (χ2v) is 9.75. The topological polar surface area (TPSA) is 109 Å². The molecule has 4 aliphatic rings. The summed E-state index contributed by atoms with van der Waals surface area (Å²) in [4.78, 5) is 46.8. The zero-order valence-electron chi connectivity index (χ0n) is 21.4. The molecule has 39 heavy (non-hydrogen) atoms. The Balaban J connectivity index is 1.53. The number of anilines is 1. The number of carbonyl (C=O) groups is 3. The van der Waals surface area contributed by atoms with Crippen molar-refractivity contribution in [2.45, 2.75) is 5.54 Å². The van der Waals surface area contributed by atoms with Crippen LogP contribution in [-0.4, -0.2) is 91.7 Å². The van der Waals surface area contributed by atoms with Gasteiger partial charge < -0.3 is 29.1 Å². The smallest absolute Gasteiger partial charge is 0.296 e. The van der Waals surface area contributed by atoms with Gasteiger partial charge in [0, 0.05) is 43.9 Å². The van der Waals surface area contributed by atoms with Gasteiger partial charge in [-0.15, -0.1) is 6.58 Å². The number of amides is 2. The van der Waals surface area contributed by atoms with Crippen molar-refractivity contribution in [2.24, 2.45) is 0 Å². The van der Waals surface area contributed by atoms with E-state index in [-0.39, 0.29) is 24.2 Å². The van der Waals surface area contributed by atoms with Crippen molar-refractivity contribution in [3.05, 3.63) is 71.8 Å². The van der Waals surface area contributed by atoms with Gasteiger partial charge in [-0.05, 0) is 24.3 Å². The molecule has 0 aliphatic carbocycles. The molecule has 0 radical (unpaired) electrons. The summed E-state index contributed by atoms with van der Waals surface area (Å²) in [6.07, 6.45) is 1.59. The van der Waals surface area contributed by atoms with Crippen LogP contribution in [0, 0.1) is 0 Å². The Bertz CT molecular complexity index is 1400. The number of hydrogen-bond acceptors (Lipinski definition) is 8. The van der Waals surface area contributed by atoms with E-state index in [1.54, 1.807) is 48.5 Å². The number of fused-ring (bicyclic) bond motifs is 3. The van der Waals surface area contributed by atoms with E-state index in [2.05, 4.69) is 11.5 Å². The molecule has 2 fully saturated rings. The van der Waals surface area contributed by atoms with Gasteiger partial charge in [-0.2, -0.15) is 0 Å². The van der Waals surface area contributed by atoms with Crippen molar-refractivity contribution in [3.8, 4) is 11.5 Å². The van der Waals surface area contributed by atoms with Crippen LogP contribution in [0.5, 0.6) is 11.5 Å². The molecular weight excluding hydrogens is 502 g/mol. The zero-order valence-corrected chi connectivity index (χ0v) is 21.4. The Kier molecular flexibility index (Phi) is 6.36. The molecule has 2 saturated heterocycles. The van der Waals surface area contributed by atoms with Gasteiger partial charge >= 0.3 is 0 Å². The summed E-state index contributed by atoms with van der Waals surface area (Å²) < 4.78 is 16.7. The molecule has 2 amide bonds. The number of aliphatic hydroxyl groups is 1. The number of hydrogen-bond donors (Lipinski definition) is 1. The number of ether oxygens (including phenoxy) is 3. The van der Waals surface area contributed by atoms with Gasteiger partial charge in [0.1, 0.15) is 19.0 Å². The monoisotopic (exact) mass is 531 g/mol. The second kappa shape index (κ2) is 9.87. The van der Waals surface area contributed by atoms with Gasteiger partial charge in [-0.3, -0.25) is 19.3 Å². The van der Waals surface area contributed by atoms with Crippen LogP contribution in [-0.2, 0) is 24.7 Å². The average molecular weight is 532 g/mol. The summed E-state index contributed by atoms with van der Waals surface area (Å²) in [5.74, 6) is -1.74. The largest absolute Gasteiger partial charge is 0.507 e. The van der Waals surface area contributed by atoms with E-state index < -0.39 is 28.9 Å². The van der Waals surface area contributed by atoms with Crippen molar-refractivity contribution >= 4 is 29.0 Å². The number of Topliss-reactive ketones (excluding diaryl/α,β-unsaturated/α-hetero) is 1. The minimum atomic E-state index is -1.82. The van der Waals surface area contributed by atoms with Gasteiger partial charge in [0.15, 0.2) is 17.0 Å². The van der Waals surface area contributed by atoms with Gasteiger partial charge in [0.25, 0.3) is 17.6 Å². The molecule has 0 aromatic heterocycles. The lowest BCUT2D eigenvalue weighted by atomic mass is 9.82. The molecule has 10 nitrogen and oxygen atoms in total. The van der Waals surface area contributed by atoms with E-state index in [0.29, 0.717) is 68.8 Å². The van der Waals surface area contributed by atoms with E-state index in [1.807, 2.05) is 0 Å². The summed E-state index contributed by atoms with van der Waals surface area (Å²) in [6.45, 7) is 7.77. The third-order valence-corrected chi connectivity index (χ3v) is 7.68. The number of carbonyl (C=O) groups excluding carboxylic acids is 3. The van der Waals surface area contributed by atoms with Crippen LogP contribution in [0.15, 0.2) is 60.7 Å². The minimum absolute atomic E-state index is 0.116. The molecule has 1 unspecified atom stereocenters. The molecule has 2 aromatic carbocycles. The lowest BCUT2D eigenvalue weighted by molar-refractivity contribution is -0.144. The summed E-state index contributed by atoms with van der Waals surface area (Å²) >= 11 is 0. The standard InChI is InChI=1S/C29H29N3O7/c1-2-9-31-21-6-4-3-5-20(21)29(28(31)36)24(25(33)19-7-8-22-23(18-19)39-17-16-38-22)26(34)27(35)32(29)11-10-30-12-14-37-15-13-30/h2-8,18,33H,1,9-17H2/b25-24+. The van der Waals surface area contributed by atoms with E-state index in [0.717, 1.165) is 0 Å². The molecule has 1 atom stereocenters. The Labute approximate surface area is 225 Å². The SMILES string of the molecule is C=CCN1C(=O)C2(/C(=C(/O)c3ccc4c(c3)OCCO4)C(=O)C(=O)N2CCN2CCOCC2)c2ccccc21. The summed E-state index contributed by atoms with van der Waals surface area (Å²) in [7, 11) is 0. The summed E-state index contributed by atoms with van der Waals surface area (Å²) in [6, 6.07) is 11.9. The molecule has 2 aromatic rings. The lowest BCUT2D eigenvalue weighted by Gasteiger charge is -2.36. The number of nitrogens with zero attached hydrogens (tertiary/aromatic N) is 3. The Morgan fingerprint density at radius 1 is 0.974 bits per heavy atom. The van der Waals surface area contributed by atoms with Crippen LogP contribution in [0.1, 0.15) is 11.1 Å². The molecule has 1 N–H and O–H groups in total. The molecule has 202 valence electrons. The number of ketones is 1. The lowest BCUT2D eigenvalue weighted by Crippen LogP contribution is -2.54. The highest BCUT2D eigenvalue weighted by Crippen LogP contribution is 2.53. The number of para-hydroxylation sites is 1. The predicted octanol–water partition coefficient (Wildman–Crippen LogP) is 1.90. The Morgan fingerprint density at radius 2 is 1.72 bits per heavy atom. The highest BCUT2D eigenvalue weighted by molar-refractivity contribution is 6.50. The first kappa shape index (κ1) is 25.1. The summed E-state index contributed by atoms with van der Waals surface area (Å²) in [5, 5.41) is 11.7. The van der Waals surface area contributed by atoms with Crippen molar-refractivity contribution in [1.29, 1.82) is 0 Å². The number of benzene rings is 2.